The van der Waals surface area contributed by atoms with Crippen LogP contribution in [0.25, 0.3) is 0 Å². The van der Waals surface area contributed by atoms with Crippen molar-refractivity contribution in [1.82, 2.24) is 29.6 Å². The topological polar surface area (TPSA) is 75.0 Å². The summed E-state index contributed by atoms with van der Waals surface area (Å²) in [6.45, 7) is 4.34. The Hall–Kier alpha value is -3.00. The van der Waals surface area contributed by atoms with Crippen molar-refractivity contribution in [2.75, 3.05) is 30.9 Å². The van der Waals surface area contributed by atoms with Gasteiger partial charge in [-0.05, 0) is 17.7 Å². The average molecular weight is 364 g/mol. The van der Waals surface area contributed by atoms with Crippen LogP contribution in [0.15, 0.2) is 43.0 Å². The summed E-state index contributed by atoms with van der Waals surface area (Å²) in [5.74, 6) is 1.74. The molecule has 0 fully saturated rings. The van der Waals surface area contributed by atoms with E-state index in [0.29, 0.717) is 6.54 Å². The zero-order valence-corrected chi connectivity index (χ0v) is 15.7. The molecule has 1 aliphatic rings. The zero-order valence-electron chi connectivity index (χ0n) is 15.7. The molecular weight excluding hydrogens is 340 g/mol. The van der Waals surface area contributed by atoms with Gasteiger partial charge >= 0.3 is 0 Å². The van der Waals surface area contributed by atoms with E-state index in [9.17, 15) is 0 Å². The lowest BCUT2D eigenvalue weighted by Gasteiger charge is -2.27. The van der Waals surface area contributed by atoms with E-state index in [2.05, 4.69) is 48.0 Å². The largest absolute Gasteiger partial charge is 0.363 e. The molecule has 1 N–H and O–H groups in total. The molecule has 0 amide bonds. The van der Waals surface area contributed by atoms with Crippen molar-refractivity contribution in [2.45, 2.75) is 26.2 Å². The first-order chi connectivity index (χ1) is 13.2. The maximum Gasteiger partial charge on any atom is 0.144 e. The molecule has 0 atom stereocenters. The maximum absolute atomic E-state index is 4.70. The monoisotopic (exact) mass is 364 g/mol. The van der Waals surface area contributed by atoms with Crippen LogP contribution >= 0.6 is 0 Å². The molecule has 27 heavy (non-hydrogen) atoms. The molecule has 0 saturated carbocycles. The first-order valence-corrected chi connectivity index (χ1v) is 9.07. The quantitative estimate of drug-likeness (QED) is 0.714. The molecule has 0 aromatic carbocycles. The maximum atomic E-state index is 4.70. The molecule has 0 bridgehead atoms. The SMILES string of the molecule is CN(C)c1ccc(CN2CCn3nc(CNc4cnccn4)cc3C2)cn1. The van der Waals surface area contributed by atoms with Crippen molar-refractivity contribution in [3.8, 4) is 0 Å². The standard InChI is InChI=1S/C19H24N8/c1-25(2)19-4-3-15(10-23-19)13-26-7-8-27-17(14-26)9-16(24-27)11-22-18-12-20-5-6-21-18/h3-6,9-10,12H,7-8,11,13-14H2,1-2H3,(H,21,22). The third kappa shape index (κ3) is 4.22. The summed E-state index contributed by atoms with van der Waals surface area (Å²) in [7, 11) is 4.01. The fraction of sp³-hybridized carbons (Fsp3) is 0.368. The number of fused-ring (bicyclic) bond motifs is 1. The van der Waals surface area contributed by atoms with Crippen LogP contribution in [-0.4, -0.2) is 50.3 Å². The van der Waals surface area contributed by atoms with Crippen molar-refractivity contribution in [3.05, 3.63) is 59.9 Å². The molecule has 0 spiro atoms. The molecule has 3 aromatic heterocycles. The summed E-state index contributed by atoms with van der Waals surface area (Å²) in [5, 5.41) is 7.96. The van der Waals surface area contributed by atoms with Crippen molar-refractivity contribution in [2.24, 2.45) is 0 Å². The number of rotatable bonds is 6. The Morgan fingerprint density at radius 2 is 2.04 bits per heavy atom. The molecule has 8 nitrogen and oxygen atoms in total. The van der Waals surface area contributed by atoms with Gasteiger partial charge in [0.15, 0.2) is 0 Å². The summed E-state index contributed by atoms with van der Waals surface area (Å²) in [6.07, 6.45) is 7.03. The van der Waals surface area contributed by atoms with Crippen molar-refractivity contribution < 1.29 is 0 Å². The van der Waals surface area contributed by atoms with Gasteiger partial charge in [-0.25, -0.2) is 9.97 Å². The highest BCUT2D eigenvalue weighted by molar-refractivity contribution is 5.37. The highest BCUT2D eigenvalue weighted by Gasteiger charge is 2.18. The van der Waals surface area contributed by atoms with Gasteiger partial charge in [0.1, 0.15) is 11.6 Å². The summed E-state index contributed by atoms with van der Waals surface area (Å²) in [4.78, 5) is 17.2. The van der Waals surface area contributed by atoms with Gasteiger partial charge in [0.25, 0.3) is 0 Å². The lowest BCUT2D eigenvalue weighted by molar-refractivity contribution is 0.205. The van der Waals surface area contributed by atoms with Gasteiger partial charge in [0, 0.05) is 52.3 Å². The predicted molar refractivity (Wildman–Crippen MR) is 104 cm³/mol. The fourth-order valence-corrected chi connectivity index (χ4v) is 3.21. The minimum absolute atomic E-state index is 0.647. The van der Waals surface area contributed by atoms with E-state index in [0.717, 1.165) is 43.5 Å². The van der Waals surface area contributed by atoms with Crippen molar-refractivity contribution >= 4 is 11.6 Å². The minimum atomic E-state index is 0.647. The first kappa shape index (κ1) is 17.4. The van der Waals surface area contributed by atoms with E-state index >= 15 is 0 Å². The number of nitrogens with one attached hydrogen (secondary N) is 1. The van der Waals surface area contributed by atoms with E-state index in [1.807, 2.05) is 25.2 Å². The van der Waals surface area contributed by atoms with Gasteiger partial charge in [-0.15, -0.1) is 0 Å². The Morgan fingerprint density at radius 1 is 1.11 bits per heavy atom. The Labute approximate surface area is 158 Å². The van der Waals surface area contributed by atoms with Crippen LogP contribution in [0.3, 0.4) is 0 Å². The fourth-order valence-electron chi connectivity index (χ4n) is 3.21. The smallest absolute Gasteiger partial charge is 0.144 e. The van der Waals surface area contributed by atoms with E-state index in [1.54, 1.807) is 18.6 Å². The van der Waals surface area contributed by atoms with Crippen molar-refractivity contribution in [3.63, 3.8) is 0 Å². The molecule has 0 aliphatic carbocycles. The van der Waals surface area contributed by atoms with E-state index in [1.165, 1.54) is 11.3 Å². The number of anilines is 2. The van der Waals surface area contributed by atoms with Gasteiger partial charge < -0.3 is 10.2 Å². The normalized spacial score (nSPS) is 14.0. The van der Waals surface area contributed by atoms with Crippen LogP contribution in [0.2, 0.25) is 0 Å². The van der Waals surface area contributed by atoms with Gasteiger partial charge in [-0.2, -0.15) is 5.10 Å². The molecule has 3 aromatic rings. The first-order valence-electron chi connectivity index (χ1n) is 9.07. The van der Waals surface area contributed by atoms with Crippen LogP contribution in [0.1, 0.15) is 17.0 Å². The second kappa shape index (κ2) is 7.71. The molecule has 8 heteroatoms. The van der Waals surface area contributed by atoms with Gasteiger partial charge in [-0.3, -0.25) is 14.6 Å². The van der Waals surface area contributed by atoms with E-state index < -0.39 is 0 Å². The number of nitrogens with zero attached hydrogens (tertiary/aromatic N) is 7. The van der Waals surface area contributed by atoms with E-state index in [-0.39, 0.29) is 0 Å². The Balaban J connectivity index is 1.36. The summed E-state index contributed by atoms with van der Waals surface area (Å²) in [5.41, 5.74) is 3.50. The molecule has 0 saturated heterocycles. The Kier molecular flexibility index (Phi) is 4.97. The highest BCUT2D eigenvalue weighted by atomic mass is 15.3. The Bertz CT molecular complexity index is 872. The lowest BCUT2D eigenvalue weighted by Crippen LogP contribution is -2.33. The zero-order chi connectivity index (χ0) is 18.6. The van der Waals surface area contributed by atoms with Crippen LogP contribution in [0.5, 0.6) is 0 Å². The van der Waals surface area contributed by atoms with E-state index in [4.69, 9.17) is 5.10 Å². The third-order valence-electron chi connectivity index (χ3n) is 4.61. The molecular formula is C19H24N8. The second-order valence-electron chi connectivity index (χ2n) is 6.92. The number of aromatic nitrogens is 5. The molecule has 4 heterocycles. The van der Waals surface area contributed by atoms with Crippen LogP contribution < -0.4 is 10.2 Å². The number of hydrogen-bond donors (Lipinski definition) is 1. The number of pyridine rings is 1. The van der Waals surface area contributed by atoms with Crippen LogP contribution in [0.4, 0.5) is 11.6 Å². The van der Waals surface area contributed by atoms with Crippen LogP contribution in [-0.2, 0) is 26.2 Å². The van der Waals surface area contributed by atoms with Crippen LogP contribution in [0, 0.1) is 0 Å². The highest BCUT2D eigenvalue weighted by Crippen LogP contribution is 2.17. The number of hydrogen-bond acceptors (Lipinski definition) is 7. The summed E-state index contributed by atoms with van der Waals surface area (Å²) in [6, 6.07) is 6.40. The minimum Gasteiger partial charge on any atom is -0.363 e. The molecule has 4 rings (SSSR count). The average Bonchev–Trinajstić information content (AvgIpc) is 3.10. The third-order valence-corrected chi connectivity index (χ3v) is 4.61. The molecule has 1 aliphatic heterocycles. The van der Waals surface area contributed by atoms with Gasteiger partial charge in [-0.1, -0.05) is 6.07 Å². The van der Waals surface area contributed by atoms with Crippen molar-refractivity contribution in [1.29, 1.82) is 0 Å². The Morgan fingerprint density at radius 3 is 2.78 bits per heavy atom. The van der Waals surface area contributed by atoms with Gasteiger partial charge in [0.05, 0.1) is 30.7 Å². The second-order valence-corrected chi connectivity index (χ2v) is 6.92. The summed E-state index contributed by atoms with van der Waals surface area (Å²) < 4.78 is 2.11. The lowest BCUT2D eigenvalue weighted by atomic mass is 10.2. The van der Waals surface area contributed by atoms with Gasteiger partial charge in [0.2, 0.25) is 0 Å². The molecule has 140 valence electrons. The summed E-state index contributed by atoms with van der Waals surface area (Å²) >= 11 is 0. The predicted octanol–water partition coefficient (Wildman–Crippen LogP) is 1.76. The molecule has 0 radical (unpaired) electrons. The molecule has 0 unspecified atom stereocenters.